The van der Waals surface area contributed by atoms with Crippen LogP contribution in [0.3, 0.4) is 0 Å². The van der Waals surface area contributed by atoms with Crippen LogP contribution in [-0.2, 0) is 0 Å². The number of amides is 1. The Bertz CT molecular complexity index is 672. The maximum Gasteiger partial charge on any atom is 0.272 e. The molecular weight excluding hydrogens is 266 g/mol. The Kier molecular flexibility index (Phi) is 3.75. The number of para-hydroxylation sites is 1. The maximum atomic E-state index is 12.6. The molecule has 0 saturated carbocycles. The molecular formula is C16H19N3O2. The molecule has 1 saturated heterocycles. The molecule has 1 aliphatic rings. The number of β-amino-alcohol motifs (C(OH)–C–C–N with tert-alkyl or cyclic N) is 1. The SMILES string of the molecule is CNc1cc(C(=O)N2CCCC(O)C2)nc2ccccc12. The summed E-state index contributed by atoms with van der Waals surface area (Å²) in [6, 6.07) is 9.53. The van der Waals surface area contributed by atoms with Gasteiger partial charge in [-0.2, -0.15) is 0 Å². The lowest BCUT2D eigenvalue weighted by molar-refractivity contribution is 0.0469. The third kappa shape index (κ3) is 2.69. The Balaban J connectivity index is 1.98. The van der Waals surface area contributed by atoms with Crippen LogP contribution < -0.4 is 5.32 Å². The number of nitrogens with one attached hydrogen (secondary N) is 1. The Morgan fingerprint density at radius 2 is 2.24 bits per heavy atom. The Morgan fingerprint density at radius 3 is 3.00 bits per heavy atom. The summed E-state index contributed by atoms with van der Waals surface area (Å²) in [6.45, 7) is 1.07. The van der Waals surface area contributed by atoms with E-state index in [2.05, 4.69) is 10.3 Å². The zero-order chi connectivity index (χ0) is 14.8. The van der Waals surface area contributed by atoms with Crippen LogP contribution in [0.5, 0.6) is 0 Å². The minimum absolute atomic E-state index is 0.115. The molecule has 1 aromatic carbocycles. The van der Waals surface area contributed by atoms with Gasteiger partial charge in [-0.05, 0) is 25.0 Å². The number of hydrogen-bond donors (Lipinski definition) is 2. The van der Waals surface area contributed by atoms with Gasteiger partial charge in [0.1, 0.15) is 5.69 Å². The number of piperidine rings is 1. The molecule has 2 aromatic rings. The molecule has 110 valence electrons. The second kappa shape index (κ2) is 5.69. The average molecular weight is 285 g/mol. The number of fused-ring (bicyclic) bond motifs is 1. The molecule has 0 bridgehead atoms. The molecule has 1 atom stereocenters. The Hall–Kier alpha value is -2.14. The van der Waals surface area contributed by atoms with Crippen molar-refractivity contribution < 1.29 is 9.90 Å². The molecule has 1 aliphatic heterocycles. The largest absolute Gasteiger partial charge is 0.391 e. The number of rotatable bonds is 2. The predicted octanol–water partition coefficient (Wildman–Crippen LogP) is 1.87. The van der Waals surface area contributed by atoms with Crippen molar-refractivity contribution >= 4 is 22.5 Å². The number of nitrogens with zero attached hydrogens (tertiary/aromatic N) is 2. The minimum Gasteiger partial charge on any atom is -0.391 e. The van der Waals surface area contributed by atoms with E-state index in [-0.39, 0.29) is 5.91 Å². The second-order valence-electron chi connectivity index (χ2n) is 5.37. The first-order chi connectivity index (χ1) is 10.2. The molecule has 2 heterocycles. The van der Waals surface area contributed by atoms with Crippen molar-refractivity contribution in [2.75, 3.05) is 25.5 Å². The van der Waals surface area contributed by atoms with Crippen LogP contribution in [0, 0.1) is 0 Å². The fourth-order valence-corrected chi connectivity index (χ4v) is 2.79. The van der Waals surface area contributed by atoms with Crippen molar-refractivity contribution in [1.82, 2.24) is 9.88 Å². The number of carbonyl (C=O) groups excluding carboxylic acids is 1. The van der Waals surface area contributed by atoms with Crippen LogP contribution in [0.1, 0.15) is 23.3 Å². The molecule has 0 spiro atoms. The molecule has 1 unspecified atom stereocenters. The zero-order valence-electron chi connectivity index (χ0n) is 12.0. The number of aliphatic hydroxyl groups is 1. The van der Waals surface area contributed by atoms with Gasteiger partial charge in [-0.25, -0.2) is 4.98 Å². The topological polar surface area (TPSA) is 65.5 Å². The van der Waals surface area contributed by atoms with Gasteiger partial charge in [0.15, 0.2) is 0 Å². The van der Waals surface area contributed by atoms with Crippen LogP contribution in [0.4, 0.5) is 5.69 Å². The van der Waals surface area contributed by atoms with Crippen molar-refractivity contribution in [3.05, 3.63) is 36.0 Å². The molecule has 3 rings (SSSR count). The third-order valence-corrected chi connectivity index (χ3v) is 3.89. The van der Waals surface area contributed by atoms with Crippen molar-refractivity contribution in [2.24, 2.45) is 0 Å². The lowest BCUT2D eigenvalue weighted by Gasteiger charge is -2.30. The zero-order valence-corrected chi connectivity index (χ0v) is 12.0. The number of likely N-dealkylation sites (tertiary alicyclic amines) is 1. The fraction of sp³-hybridized carbons (Fsp3) is 0.375. The molecule has 5 heteroatoms. The van der Waals surface area contributed by atoms with E-state index in [1.165, 1.54) is 0 Å². The Morgan fingerprint density at radius 1 is 1.43 bits per heavy atom. The summed E-state index contributed by atoms with van der Waals surface area (Å²) in [5.74, 6) is -0.115. The van der Waals surface area contributed by atoms with Gasteiger partial charge in [-0.1, -0.05) is 18.2 Å². The van der Waals surface area contributed by atoms with Crippen LogP contribution in [-0.4, -0.2) is 47.1 Å². The van der Waals surface area contributed by atoms with Crippen molar-refractivity contribution in [1.29, 1.82) is 0 Å². The molecule has 5 nitrogen and oxygen atoms in total. The van der Waals surface area contributed by atoms with Crippen LogP contribution >= 0.6 is 0 Å². The van der Waals surface area contributed by atoms with E-state index in [1.807, 2.05) is 31.3 Å². The van der Waals surface area contributed by atoms with E-state index in [0.717, 1.165) is 29.4 Å². The number of aromatic nitrogens is 1. The quantitative estimate of drug-likeness (QED) is 0.884. The molecule has 0 aliphatic carbocycles. The second-order valence-corrected chi connectivity index (χ2v) is 5.37. The smallest absolute Gasteiger partial charge is 0.272 e. The number of pyridine rings is 1. The summed E-state index contributed by atoms with van der Waals surface area (Å²) in [7, 11) is 1.83. The lowest BCUT2D eigenvalue weighted by atomic mass is 10.1. The van der Waals surface area contributed by atoms with E-state index in [0.29, 0.717) is 18.8 Å². The first kappa shape index (κ1) is 13.8. The van der Waals surface area contributed by atoms with Crippen molar-refractivity contribution in [3.8, 4) is 0 Å². The first-order valence-corrected chi connectivity index (χ1v) is 7.24. The van der Waals surface area contributed by atoms with E-state index in [9.17, 15) is 9.90 Å². The van der Waals surface area contributed by atoms with E-state index >= 15 is 0 Å². The minimum atomic E-state index is -0.424. The Labute approximate surface area is 123 Å². The highest BCUT2D eigenvalue weighted by Crippen LogP contribution is 2.24. The summed E-state index contributed by atoms with van der Waals surface area (Å²) in [5, 5.41) is 13.8. The number of carbonyl (C=O) groups is 1. The van der Waals surface area contributed by atoms with Gasteiger partial charge in [-0.3, -0.25) is 4.79 Å². The van der Waals surface area contributed by atoms with E-state index in [1.54, 1.807) is 11.0 Å². The molecule has 1 aromatic heterocycles. The number of aliphatic hydroxyl groups excluding tert-OH is 1. The van der Waals surface area contributed by atoms with Gasteiger partial charge in [0.05, 0.1) is 11.6 Å². The average Bonchev–Trinajstić information content (AvgIpc) is 2.53. The molecule has 21 heavy (non-hydrogen) atoms. The van der Waals surface area contributed by atoms with Gasteiger partial charge in [0.2, 0.25) is 0 Å². The molecule has 0 radical (unpaired) electrons. The van der Waals surface area contributed by atoms with Crippen LogP contribution in [0.15, 0.2) is 30.3 Å². The first-order valence-electron chi connectivity index (χ1n) is 7.24. The van der Waals surface area contributed by atoms with Gasteiger partial charge in [0.25, 0.3) is 5.91 Å². The summed E-state index contributed by atoms with van der Waals surface area (Å²) < 4.78 is 0. The van der Waals surface area contributed by atoms with Crippen LogP contribution in [0.2, 0.25) is 0 Å². The highest BCUT2D eigenvalue weighted by atomic mass is 16.3. The van der Waals surface area contributed by atoms with Gasteiger partial charge < -0.3 is 15.3 Å². The van der Waals surface area contributed by atoms with Gasteiger partial charge in [-0.15, -0.1) is 0 Å². The summed E-state index contributed by atoms with van der Waals surface area (Å²) in [6.07, 6.45) is 1.17. The molecule has 2 N–H and O–H groups in total. The van der Waals surface area contributed by atoms with Gasteiger partial charge in [0, 0.05) is 31.2 Å². The number of hydrogen-bond acceptors (Lipinski definition) is 4. The lowest BCUT2D eigenvalue weighted by Crippen LogP contribution is -2.42. The normalized spacial score (nSPS) is 18.8. The highest BCUT2D eigenvalue weighted by molar-refractivity contribution is 5.99. The van der Waals surface area contributed by atoms with Gasteiger partial charge >= 0.3 is 0 Å². The highest BCUT2D eigenvalue weighted by Gasteiger charge is 2.24. The fourth-order valence-electron chi connectivity index (χ4n) is 2.79. The number of benzene rings is 1. The summed E-state index contributed by atoms with van der Waals surface area (Å²) in [4.78, 5) is 18.7. The van der Waals surface area contributed by atoms with Crippen molar-refractivity contribution in [3.63, 3.8) is 0 Å². The monoisotopic (exact) mass is 285 g/mol. The van der Waals surface area contributed by atoms with E-state index < -0.39 is 6.10 Å². The standard InChI is InChI=1S/C16H19N3O2/c1-17-14-9-15(18-13-7-3-2-6-12(13)14)16(21)19-8-4-5-11(20)10-19/h2-3,6-7,9,11,20H,4-5,8,10H2,1H3,(H,17,18). The summed E-state index contributed by atoms with van der Waals surface area (Å²) in [5.41, 5.74) is 2.11. The van der Waals surface area contributed by atoms with Crippen molar-refractivity contribution in [2.45, 2.75) is 18.9 Å². The molecule has 1 fully saturated rings. The predicted molar refractivity (Wildman–Crippen MR) is 82.4 cm³/mol. The van der Waals surface area contributed by atoms with Crippen LogP contribution in [0.25, 0.3) is 10.9 Å². The molecule has 1 amide bonds. The summed E-state index contributed by atoms with van der Waals surface area (Å²) >= 11 is 0. The maximum absolute atomic E-state index is 12.6. The number of anilines is 1. The van der Waals surface area contributed by atoms with E-state index in [4.69, 9.17) is 0 Å². The third-order valence-electron chi connectivity index (χ3n) is 3.89.